The summed E-state index contributed by atoms with van der Waals surface area (Å²) >= 11 is 7.16. The van der Waals surface area contributed by atoms with E-state index in [1.54, 1.807) is 18.4 Å². The molecule has 0 aromatic carbocycles. The van der Waals surface area contributed by atoms with E-state index in [-0.39, 0.29) is 24.3 Å². The van der Waals surface area contributed by atoms with Crippen LogP contribution in [-0.2, 0) is 14.6 Å². The van der Waals surface area contributed by atoms with E-state index in [9.17, 15) is 13.2 Å². The van der Waals surface area contributed by atoms with E-state index in [0.717, 1.165) is 0 Å². The zero-order valence-electron chi connectivity index (χ0n) is 10.3. The molecule has 0 spiro atoms. The second-order valence-corrected chi connectivity index (χ2v) is 8.38. The van der Waals surface area contributed by atoms with Crippen LogP contribution in [0.15, 0.2) is 11.4 Å². The van der Waals surface area contributed by atoms with Gasteiger partial charge in [0.25, 0.3) is 5.91 Å². The van der Waals surface area contributed by atoms with Crippen LogP contribution in [0, 0.1) is 0 Å². The smallest absolute Gasteiger partial charge is 0.258 e. The molecule has 1 saturated heterocycles. The molecule has 2 atom stereocenters. The lowest BCUT2D eigenvalue weighted by Gasteiger charge is -2.16. The highest BCUT2D eigenvalue weighted by molar-refractivity contribution is 7.92. The first kappa shape index (κ1) is 14.6. The summed E-state index contributed by atoms with van der Waals surface area (Å²) in [4.78, 5) is 11.7. The van der Waals surface area contributed by atoms with E-state index in [2.05, 4.69) is 5.32 Å². The lowest BCUT2D eigenvalue weighted by Crippen LogP contribution is -2.42. The molecule has 8 heteroatoms. The minimum atomic E-state index is -3.06. The van der Waals surface area contributed by atoms with Gasteiger partial charge in [-0.15, -0.1) is 11.3 Å². The zero-order valence-corrected chi connectivity index (χ0v) is 12.6. The molecule has 2 heterocycles. The van der Waals surface area contributed by atoms with E-state index >= 15 is 0 Å². The predicted molar refractivity (Wildman–Crippen MR) is 74.6 cm³/mol. The molecule has 1 amide bonds. The number of rotatable bonds is 4. The number of thiophene rings is 1. The summed E-state index contributed by atoms with van der Waals surface area (Å²) in [6.07, 6.45) is 0.453. The normalized spacial score (nSPS) is 25.2. The second kappa shape index (κ2) is 5.68. The molecular formula is C11H14ClNO4S2. The molecule has 5 nitrogen and oxygen atoms in total. The Hall–Kier alpha value is -0.790. The summed E-state index contributed by atoms with van der Waals surface area (Å²) in [7, 11) is -3.06. The highest BCUT2D eigenvalue weighted by Crippen LogP contribution is 2.29. The first-order chi connectivity index (χ1) is 8.90. The molecule has 0 unspecified atom stereocenters. The van der Waals surface area contributed by atoms with E-state index < -0.39 is 15.1 Å². The van der Waals surface area contributed by atoms with Gasteiger partial charge in [-0.25, -0.2) is 8.42 Å². The SMILES string of the molecule is C[C@H]1[C@@H](NC(=O)COc2ccsc2Cl)CCS1(=O)=O. The Morgan fingerprint density at radius 1 is 1.63 bits per heavy atom. The molecule has 106 valence electrons. The standard InChI is InChI=1S/C11H14ClNO4S2/c1-7-8(3-5-19(7,15)16)13-10(14)6-17-9-2-4-18-11(9)12/h2,4,7-8H,3,5-6H2,1H3,(H,13,14)/t7-,8-/m0/s1. The van der Waals surface area contributed by atoms with Gasteiger partial charge in [-0.2, -0.15) is 0 Å². The largest absolute Gasteiger partial charge is 0.481 e. The van der Waals surface area contributed by atoms with Crippen molar-refractivity contribution in [2.45, 2.75) is 24.6 Å². The van der Waals surface area contributed by atoms with Gasteiger partial charge in [0.1, 0.15) is 10.1 Å². The number of ether oxygens (including phenoxy) is 1. The number of amides is 1. The van der Waals surface area contributed by atoms with Crippen molar-refractivity contribution >= 4 is 38.7 Å². The maximum Gasteiger partial charge on any atom is 0.258 e. The van der Waals surface area contributed by atoms with E-state index in [0.29, 0.717) is 16.5 Å². The van der Waals surface area contributed by atoms with Crippen molar-refractivity contribution in [1.82, 2.24) is 5.32 Å². The van der Waals surface area contributed by atoms with Crippen molar-refractivity contribution in [3.63, 3.8) is 0 Å². The summed E-state index contributed by atoms with van der Waals surface area (Å²) in [6, 6.07) is 1.35. The van der Waals surface area contributed by atoms with Crippen molar-refractivity contribution in [2.24, 2.45) is 0 Å². The van der Waals surface area contributed by atoms with E-state index in [4.69, 9.17) is 16.3 Å². The van der Waals surface area contributed by atoms with Gasteiger partial charge in [0.2, 0.25) is 0 Å². The Morgan fingerprint density at radius 2 is 2.37 bits per heavy atom. The summed E-state index contributed by atoms with van der Waals surface area (Å²) in [6.45, 7) is 1.45. The average molecular weight is 324 g/mol. The van der Waals surface area contributed by atoms with Gasteiger partial charge in [-0.1, -0.05) is 11.6 Å². The van der Waals surface area contributed by atoms with Crippen molar-refractivity contribution in [3.05, 3.63) is 15.8 Å². The summed E-state index contributed by atoms with van der Waals surface area (Å²) < 4.78 is 28.8. The molecule has 1 N–H and O–H groups in total. The van der Waals surface area contributed by atoms with Gasteiger partial charge in [-0.05, 0) is 24.8 Å². The third-order valence-corrected chi connectivity index (χ3v) is 6.54. The predicted octanol–water partition coefficient (Wildman–Crippen LogP) is 1.47. The van der Waals surface area contributed by atoms with Gasteiger partial charge >= 0.3 is 0 Å². The topological polar surface area (TPSA) is 72.5 Å². The van der Waals surface area contributed by atoms with E-state index in [1.165, 1.54) is 11.3 Å². The highest BCUT2D eigenvalue weighted by atomic mass is 35.5. The van der Waals surface area contributed by atoms with Crippen LogP contribution in [0.1, 0.15) is 13.3 Å². The fraction of sp³-hybridized carbons (Fsp3) is 0.545. The van der Waals surface area contributed by atoms with Crippen molar-refractivity contribution in [1.29, 1.82) is 0 Å². The molecule has 0 saturated carbocycles. The molecule has 19 heavy (non-hydrogen) atoms. The van der Waals surface area contributed by atoms with Gasteiger partial charge < -0.3 is 10.1 Å². The van der Waals surface area contributed by atoms with Gasteiger partial charge in [0.05, 0.1) is 11.0 Å². The Kier molecular flexibility index (Phi) is 4.37. The van der Waals surface area contributed by atoms with Crippen LogP contribution >= 0.6 is 22.9 Å². The quantitative estimate of drug-likeness (QED) is 0.910. The lowest BCUT2D eigenvalue weighted by molar-refractivity contribution is -0.123. The zero-order chi connectivity index (χ0) is 14.0. The Bertz CT molecular complexity index is 569. The molecule has 0 aliphatic carbocycles. The first-order valence-corrected chi connectivity index (χ1v) is 8.74. The molecule has 0 bridgehead atoms. The molecule has 1 aliphatic rings. The van der Waals surface area contributed by atoms with Crippen LogP contribution in [0.5, 0.6) is 5.75 Å². The maximum absolute atomic E-state index is 11.7. The van der Waals surface area contributed by atoms with Crippen LogP contribution in [0.4, 0.5) is 0 Å². The Balaban J connectivity index is 1.84. The number of carbonyl (C=O) groups excluding carboxylic acids is 1. The van der Waals surface area contributed by atoms with Gasteiger partial charge in [0, 0.05) is 6.04 Å². The fourth-order valence-corrected chi connectivity index (χ4v) is 4.41. The van der Waals surface area contributed by atoms with Crippen LogP contribution < -0.4 is 10.1 Å². The third kappa shape index (κ3) is 3.40. The highest BCUT2D eigenvalue weighted by Gasteiger charge is 2.37. The molecular weight excluding hydrogens is 310 g/mol. The minimum Gasteiger partial charge on any atom is -0.481 e. The average Bonchev–Trinajstić information content (AvgIpc) is 2.86. The van der Waals surface area contributed by atoms with Gasteiger partial charge in [-0.3, -0.25) is 4.79 Å². The molecule has 0 radical (unpaired) electrons. The number of hydrogen-bond donors (Lipinski definition) is 1. The number of nitrogens with one attached hydrogen (secondary N) is 1. The Morgan fingerprint density at radius 3 is 2.89 bits per heavy atom. The van der Waals surface area contributed by atoms with Crippen LogP contribution in [0.25, 0.3) is 0 Å². The number of sulfone groups is 1. The molecule has 1 aromatic heterocycles. The summed E-state index contributed by atoms with van der Waals surface area (Å²) in [5.74, 6) is 0.251. The van der Waals surface area contributed by atoms with Crippen molar-refractivity contribution < 1.29 is 17.9 Å². The lowest BCUT2D eigenvalue weighted by atomic mass is 10.2. The molecule has 1 fully saturated rings. The van der Waals surface area contributed by atoms with E-state index in [1.807, 2.05) is 0 Å². The maximum atomic E-state index is 11.7. The molecule has 1 aromatic rings. The minimum absolute atomic E-state index is 0.121. The fourth-order valence-electron chi connectivity index (χ4n) is 1.93. The van der Waals surface area contributed by atoms with Crippen molar-refractivity contribution in [2.75, 3.05) is 12.4 Å². The van der Waals surface area contributed by atoms with Crippen LogP contribution in [0.3, 0.4) is 0 Å². The third-order valence-electron chi connectivity index (χ3n) is 3.14. The van der Waals surface area contributed by atoms with Crippen molar-refractivity contribution in [3.8, 4) is 5.75 Å². The van der Waals surface area contributed by atoms with Crippen LogP contribution in [0.2, 0.25) is 4.34 Å². The molecule has 2 rings (SSSR count). The Labute approximate surface area is 120 Å². The number of carbonyl (C=O) groups is 1. The molecule has 1 aliphatic heterocycles. The number of hydrogen-bond acceptors (Lipinski definition) is 5. The van der Waals surface area contributed by atoms with Crippen LogP contribution in [-0.4, -0.2) is 38.0 Å². The number of halogens is 1. The monoisotopic (exact) mass is 323 g/mol. The summed E-state index contributed by atoms with van der Waals surface area (Å²) in [5, 5.41) is 3.91. The summed E-state index contributed by atoms with van der Waals surface area (Å²) in [5.41, 5.74) is 0. The second-order valence-electron chi connectivity index (χ2n) is 4.38. The first-order valence-electron chi connectivity index (χ1n) is 5.77. The van der Waals surface area contributed by atoms with Gasteiger partial charge in [0.15, 0.2) is 16.4 Å².